The number of aliphatic hydroxyl groups excluding tert-OH is 4. The van der Waals surface area contributed by atoms with Crippen LogP contribution in [0.25, 0.3) is 22.3 Å². The molecule has 8 N–H and O–H groups in total. The van der Waals surface area contributed by atoms with Crippen LogP contribution in [0, 0.1) is 0 Å². The largest absolute Gasteiger partial charge is 0.508 e. The molecule has 12 heteroatoms. The number of hydrogen-bond acceptors (Lipinski definition) is 12. The molecule has 0 spiro atoms. The van der Waals surface area contributed by atoms with Crippen molar-refractivity contribution in [2.75, 3.05) is 6.61 Å². The van der Waals surface area contributed by atoms with Gasteiger partial charge in [-0.3, -0.25) is 4.79 Å². The fourth-order valence-electron chi connectivity index (χ4n) is 3.51. The molecule has 1 aliphatic heterocycles. The second-order valence-electron chi connectivity index (χ2n) is 7.44. The molecule has 12 nitrogen and oxygen atoms in total. The number of benzene rings is 2. The van der Waals surface area contributed by atoms with Gasteiger partial charge >= 0.3 is 0 Å². The highest BCUT2D eigenvalue weighted by atomic mass is 16.7. The maximum Gasteiger partial charge on any atom is 0.238 e. The van der Waals surface area contributed by atoms with Crippen LogP contribution in [0.3, 0.4) is 0 Å². The number of fused-ring (bicyclic) bond motifs is 1. The summed E-state index contributed by atoms with van der Waals surface area (Å²) in [6.45, 7) is -0.688. The van der Waals surface area contributed by atoms with Gasteiger partial charge in [0.1, 0.15) is 46.9 Å². The van der Waals surface area contributed by atoms with Gasteiger partial charge in [-0.25, -0.2) is 0 Å². The molecule has 5 atom stereocenters. The fourth-order valence-corrected chi connectivity index (χ4v) is 3.51. The van der Waals surface area contributed by atoms with Gasteiger partial charge in [-0.1, -0.05) is 0 Å². The third kappa shape index (κ3) is 3.90. The molecule has 0 bridgehead atoms. The first kappa shape index (κ1) is 22.6. The van der Waals surface area contributed by atoms with Crippen LogP contribution in [0.15, 0.2) is 39.5 Å². The maximum absolute atomic E-state index is 12.5. The number of aliphatic hydroxyl groups is 4. The standard InChI is InChI=1S/C21H20O12/c22-6-13-15(26)17(28)19(30)21(33-13)32-11-3-7(1-2-9(11)24)20-18(29)16(27)14-10(25)4-8(23)5-12(14)31-20/h1-5,13,15,17,19,21-26,28-30H,6H2/t13-,15-,17+,19-,21-/m1/s1. The van der Waals surface area contributed by atoms with E-state index in [1.165, 1.54) is 6.07 Å². The predicted octanol–water partition coefficient (Wildman–Crippen LogP) is -0.539. The van der Waals surface area contributed by atoms with Crippen LogP contribution < -0.4 is 10.2 Å². The normalized spacial score (nSPS) is 25.3. The zero-order valence-corrected chi connectivity index (χ0v) is 16.7. The average Bonchev–Trinajstić information content (AvgIpc) is 2.77. The van der Waals surface area contributed by atoms with Gasteiger partial charge in [0.05, 0.1) is 6.61 Å². The van der Waals surface area contributed by atoms with E-state index in [0.29, 0.717) is 0 Å². The second-order valence-corrected chi connectivity index (χ2v) is 7.44. The second kappa shape index (κ2) is 8.42. The van der Waals surface area contributed by atoms with Crippen molar-refractivity contribution < 1.29 is 54.7 Å². The van der Waals surface area contributed by atoms with E-state index in [0.717, 1.165) is 24.3 Å². The van der Waals surface area contributed by atoms with Crippen molar-refractivity contribution in [1.82, 2.24) is 0 Å². The Bertz CT molecular complexity index is 1250. The van der Waals surface area contributed by atoms with Crippen molar-refractivity contribution in [3.8, 4) is 40.1 Å². The smallest absolute Gasteiger partial charge is 0.238 e. The molecule has 1 aromatic heterocycles. The summed E-state index contributed by atoms with van der Waals surface area (Å²) in [4.78, 5) is 12.5. The van der Waals surface area contributed by atoms with Crippen molar-refractivity contribution in [2.45, 2.75) is 30.7 Å². The summed E-state index contributed by atoms with van der Waals surface area (Å²) in [5.74, 6) is -3.01. The fraction of sp³-hybridized carbons (Fsp3) is 0.286. The van der Waals surface area contributed by atoms with Crippen LogP contribution in [0.5, 0.6) is 28.7 Å². The molecule has 1 saturated heterocycles. The summed E-state index contributed by atoms with van der Waals surface area (Å²) < 4.78 is 16.2. The summed E-state index contributed by atoms with van der Waals surface area (Å²) in [7, 11) is 0. The lowest BCUT2D eigenvalue weighted by Crippen LogP contribution is -2.60. The van der Waals surface area contributed by atoms with Crippen LogP contribution in [0.4, 0.5) is 0 Å². The molecule has 1 fully saturated rings. The van der Waals surface area contributed by atoms with Gasteiger partial charge in [0.25, 0.3) is 0 Å². The Hall–Kier alpha value is -3.55. The number of ether oxygens (including phenoxy) is 2. The van der Waals surface area contributed by atoms with E-state index in [4.69, 9.17) is 13.9 Å². The van der Waals surface area contributed by atoms with Crippen molar-refractivity contribution in [1.29, 1.82) is 0 Å². The lowest BCUT2D eigenvalue weighted by atomic mass is 9.99. The molecule has 1 aliphatic rings. The molecule has 0 saturated carbocycles. The summed E-state index contributed by atoms with van der Waals surface area (Å²) >= 11 is 0. The quantitative estimate of drug-likeness (QED) is 0.245. The average molecular weight is 464 g/mol. The summed E-state index contributed by atoms with van der Waals surface area (Å²) in [5, 5.41) is 78.9. The van der Waals surface area contributed by atoms with Crippen LogP contribution >= 0.6 is 0 Å². The van der Waals surface area contributed by atoms with Gasteiger partial charge in [0, 0.05) is 17.7 Å². The minimum absolute atomic E-state index is 0.0201. The number of rotatable bonds is 4. The first-order valence-corrected chi connectivity index (χ1v) is 9.64. The van der Waals surface area contributed by atoms with E-state index in [1.807, 2.05) is 0 Å². The molecular weight excluding hydrogens is 444 g/mol. The molecule has 2 aromatic carbocycles. The van der Waals surface area contributed by atoms with Crippen molar-refractivity contribution in [3.05, 3.63) is 40.6 Å². The van der Waals surface area contributed by atoms with Crippen LogP contribution in [0.2, 0.25) is 0 Å². The Morgan fingerprint density at radius 2 is 1.64 bits per heavy atom. The highest BCUT2D eigenvalue weighted by Crippen LogP contribution is 2.39. The molecule has 0 radical (unpaired) electrons. The lowest BCUT2D eigenvalue weighted by molar-refractivity contribution is -0.277. The monoisotopic (exact) mass is 464 g/mol. The Labute approximate surface area is 184 Å². The third-order valence-corrected chi connectivity index (χ3v) is 5.25. The Morgan fingerprint density at radius 3 is 2.33 bits per heavy atom. The van der Waals surface area contributed by atoms with Crippen molar-refractivity contribution in [2.24, 2.45) is 0 Å². The molecule has 3 aromatic rings. The van der Waals surface area contributed by atoms with E-state index in [1.54, 1.807) is 0 Å². The van der Waals surface area contributed by atoms with Crippen LogP contribution in [-0.4, -0.2) is 78.2 Å². The summed E-state index contributed by atoms with van der Waals surface area (Å²) in [5.41, 5.74) is -1.19. The minimum Gasteiger partial charge on any atom is -0.508 e. The highest BCUT2D eigenvalue weighted by Gasteiger charge is 2.45. The number of phenolic OH excluding ortho intramolecular Hbond substituents is 3. The highest BCUT2D eigenvalue weighted by molar-refractivity contribution is 5.88. The molecule has 33 heavy (non-hydrogen) atoms. The van der Waals surface area contributed by atoms with E-state index >= 15 is 0 Å². The first-order valence-electron chi connectivity index (χ1n) is 9.64. The zero-order chi connectivity index (χ0) is 24.0. The number of hydrogen-bond donors (Lipinski definition) is 8. The van der Waals surface area contributed by atoms with Gasteiger partial charge in [0.2, 0.25) is 17.5 Å². The summed E-state index contributed by atoms with van der Waals surface area (Å²) in [6.07, 6.45) is -7.92. The Kier molecular flexibility index (Phi) is 5.78. The van der Waals surface area contributed by atoms with E-state index in [9.17, 15) is 45.6 Å². The SMILES string of the molecule is O=c1c(O)c(-c2ccc(O)c(O[C@@H]3O[C@H](CO)[C@@H](O)[C@H](O)[C@H]3O)c2)oc2cc(O)cc(O)c12. The minimum atomic E-state index is -1.75. The number of phenols is 3. The van der Waals surface area contributed by atoms with Gasteiger partial charge < -0.3 is 54.7 Å². The zero-order valence-electron chi connectivity index (χ0n) is 16.7. The van der Waals surface area contributed by atoms with Crippen molar-refractivity contribution in [3.63, 3.8) is 0 Å². The molecular formula is C21H20O12. The topological polar surface area (TPSA) is 211 Å². The molecule has 2 heterocycles. The van der Waals surface area contributed by atoms with E-state index in [-0.39, 0.29) is 28.0 Å². The van der Waals surface area contributed by atoms with E-state index in [2.05, 4.69) is 0 Å². The predicted molar refractivity (Wildman–Crippen MR) is 109 cm³/mol. The molecule has 4 rings (SSSR count). The van der Waals surface area contributed by atoms with Gasteiger partial charge in [0.15, 0.2) is 17.3 Å². The van der Waals surface area contributed by atoms with E-state index < -0.39 is 65.7 Å². The third-order valence-electron chi connectivity index (χ3n) is 5.25. The Balaban J connectivity index is 1.75. The van der Waals surface area contributed by atoms with Crippen molar-refractivity contribution >= 4 is 11.0 Å². The number of aromatic hydroxyl groups is 4. The Morgan fingerprint density at radius 1 is 0.909 bits per heavy atom. The molecule has 0 unspecified atom stereocenters. The van der Waals surface area contributed by atoms with Gasteiger partial charge in [-0.15, -0.1) is 0 Å². The molecule has 176 valence electrons. The molecule has 0 aliphatic carbocycles. The molecule has 0 amide bonds. The lowest BCUT2D eigenvalue weighted by Gasteiger charge is -2.39. The maximum atomic E-state index is 12.5. The van der Waals surface area contributed by atoms with Gasteiger partial charge in [-0.05, 0) is 18.2 Å². The van der Waals surface area contributed by atoms with Crippen LogP contribution in [-0.2, 0) is 4.74 Å². The first-order chi connectivity index (χ1) is 15.6. The summed E-state index contributed by atoms with van der Waals surface area (Å²) in [6, 6.07) is 5.49. The van der Waals surface area contributed by atoms with Crippen LogP contribution in [0.1, 0.15) is 0 Å². The van der Waals surface area contributed by atoms with Gasteiger partial charge in [-0.2, -0.15) is 0 Å².